The Morgan fingerprint density at radius 1 is 1.00 bits per heavy atom. The van der Waals surface area contributed by atoms with Crippen LogP contribution in [0.3, 0.4) is 0 Å². The number of hydrogen-bond donors (Lipinski definition) is 2. The first-order chi connectivity index (χ1) is 15.9. The maximum atomic E-state index is 12.4. The molecule has 4 rings (SSSR count). The number of aromatic nitrogens is 4. The first-order valence-electron chi connectivity index (χ1n) is 9.98. The van der Waals surface area contributed by atoms with E-state index in [4.69, 9.17) is 4.52 Å². The minimum atomic E-state index is -3.84. The van der Waals surface area contributed by atoms with Crippen LogP contribution in [0.2, 0.25) is 0 Å². The summed E-state index contributed by atoms with van der Waals surface area (Å²) in [6, 6.07) is 15.1. The largest absolute Gasteiger partial charge is 0.339 e. The minimum Gasteiger partial charge on any atom is -0.339 e. The number of rotatable bonds is 8. The molecular weight excluding hydrogens is 444 g/mol. The Morgan fingerprint density at radius 3 is 2.39 bits per heavy atom. The smallest absolute Gasteiger partial charge is 0.264 e. The molecule has 0 unspecified atom stereocenters. The monoisotopic (exact) mass is 464 g/mol. The minimum absolute atomic E-state index is 0.0162. The summed E-state index contributed by atoms with van der Waals surface area (Å²) in [6.07, 6.45) is 3.27. The number of benzene rings is 2. The Labute approximate surface area is 190 Å². The summed E-state index contributed by atoms with van der Waals surface area (Å²) in [5, 5.41) is 6.67. The van der Waals surface area contributed by atoms with E-state index in [-0.39, 0.29) is 29.6 Å². The number of nitrogens with zero attached hydrogens (tertiary/aromatic N) is 4. The lowest BCUT2D eigenvalue weighted by Gasteiger charge is -2.08. The number of carbonyl (C=O) groups excluding carboxylic acids is 1. The molecule has 0 spiro atoms. The quantitative estimate of drug-likeness (QED) is 0.405. The maximum Gasteiger partial charge on any atom is 0.264 e. The van der Waals surface area contributed by atoms with Crippen LogP contribution in [0, 0.1) is 6.92 Å². The Bertz CT molecular complexity index is 1340. The highest BCUT2D eigenvalue weighted by molar-refractivity contribution is 7.92. The molecule has 2 heterocycles. The number of anilines is 2. The fraction of sp³-hybridized carbons (Fsp3) is 0.136. The molecule has 0 aliphatic carbocycles. The summed E-state index contributed by atoms with van der Waals surface area (Å²) in [7, 11) is -3.84. The van der Waals surface area contributed by atoms with E-state index in [0.29, 0.717) is 17.4 Å². The van der Waals surface area contributed by atoms with Crippen LogP contribution in [-0.2, 0) is 21.2 Å². The van der Waals surface area contributed by atoms with Gasteiger partial charge in [0.25, 0.3) is 10.0 Å². The van der Waals surface area contributed by atoms with E-state index in [1.807, 2.05) is 31.2 Å². The zero-order chi connectivity index (χ0) is 23.3. The molecule has 0 aliphatic rings. The Kier molecular flexibility index (Phi) is 6.41. The van der Waals surface area contributed by atoms with Crippen molar-refractivity contribution < 1.29 is 17.7 Å². The second-order valence-electron chi connectivity index (χ2n) is 7.13. The average molecular weight is 465 g/mol. The molecule has 1 amide bonds. The number of hydrogen-bond acceptors (Lipinski definition) is 8. The molecule has 0 fully saturated rings. The third-order valence-electron chi connectivity index (χ3n) is 4.58. The predicted octanol–water partition coefficient (Wildman–Crippen LogP) is 3.21. The van der Waals surface area contributed by atoms with Crippen LogP contribution in [0.1, 0.15) is 17.9 Å². The number of carbonyl (C=O) groups is 1. The van der Waals surface area contributed by atoms with Crippen molar-refractivity contribution in [3.63, 3.8) is 0 Å². The summed E-state index contributed by atoms with van der Waals surface area (Å²) >= 11 is 0. The van der Waals surface area contributed by atoms with Gasteiger partial charge in [0, 0.05) is 36.5 Å². The van der Waals surface area contributed by atoms with Crippen molar-refractivity contribution in [2.45, 2.75) is 24.7 Å². The fourth-order valence-electron chi connectivity index (χ4n) is 2.87. The van der Waals surface area contributed by atoms with Crippen molar-refractivity contribution in [1.29, 1.82) is 0 Å². The number of nitrogens with one attached hydrogen (secondary N) is 2. The first-order valence-corrected chi connectivity index (χ1v) is 11.5. The molecule has 2 aromatic carbocycles. The number of amides is 1. The zero-order valence-electron chi connectivity index (χ0n) is 17.6. The molecule has 10 nitrogen and oxygen atoms in total. The molecule has 2 aromatic heterocycles. The molecular formula is C22H20N6O4S. The van der Waals surface area contributed by atoms with Gasteiger partial charge in [0.15, 0.2) is 0 Å². The molecule has 0 saturated carbocycles. The third-order valence-corrected chi connectivity index (χ3v) is 5.93. The molecule has 0 radical (unpaired) electrons. The normalized spacial score (nSPS) is 11.2. The Morgan fingerprint density at radius 2 is 1.70 bits per heavy atom. The van der Waals surface area contributed by atoms with Gasteiger partial charge in [-0.1, -0.05) is 35.0 Å². The highest BCUT2D eigenvalue weighted by Gasteiger charge is 2.16. The van der Waals surface area contributed by atoms with E-state index in [0.717, 1.165) is 11.1 Å². The SMILES string of the molecule is Cc1ccc(-c2noc(CCC(=O)Nc3ccc(S(=O)(=O)Nc4ncccn4)cc3)n2)cc1. The molecule has 168 valence electrons. The van der Waals surface area contributed by atoms with Crippen LogP contribution in [0.15, 0.2) is 76.4 Å². The lowest BCUT2D eigenvalue weighted by molar-refractivity contribution is -0.116. The van der Waals surface area contributed by atoms with Crippen LogP contribution in [0.5, 0.6) is 0 Å². The van der Waals surface area contributed by atoms with Gasteiger partial charge in [0.05, 0.1) is 4.90 Å². The lowest BCUT2D eigenvalue weighted by atomic mass is 10.1. The van der Waals surface area contributed by atoms with Gasteiger partial charge in [0.1, 0.15) is 0 Å². The van der Waals surface area contributed by atoms with E-state index < -0.39 is 10.0 Å². The Hall–Kier alpha value is -4.12. The van der Waals surface area contributed by atoms with Crippen molar-refractivity contribution in [3.05, 3.63) is 78.4 Å². The Balaban J connectivity index is 1.31. The summed E-state index contributed by atoms with van der Waals surface area (Å²) in [4.78, 5) is 24.3. The van der Waals surface area contributed by atoms with Crippen LogP contribution in [-0.4, -0.2) is 34.4 Å². The molecule has 4 aromatic rings. The predicted molar refractivity (Wildman–Crippen MR) is 121 cm³/mol. The van der Waals surface area contributed by atoms with Gasteiger partial charge in [-0.3, -0.25) is 4.79 Å². The second-order valence-corrected chi connectivity index (χ2v) is 8.81. The highest BCUT2D eigenvalue weighted by Crippen LogP contribution is 2.18. The summed E-state index contributed by atoms with van der Waals surface area (Å²) in [5.74, 6) is 0.533. The average Bonchev–Trinajstić information content (AvgIpc) is 3.28. The van der Waals surface area contributed by atoms with E-state index in [9.17, 15) is 13.2 Å². The number of sulfonamides is 1. The molecule has 0 atom stereocenters. The van der Waals surface area contributed by atoms with Gasteiger partial charge in [0.2, 0.25) is 23.6 Å². The molecule has 33 heavy (non-hydrogen) atoms. The van der Waals surface area contributed by atoms with Crippen molar-refractivity contribution in [2.24, 2.45) is 0 Å². The fourth-order valence-corrected chi connectivity index (χ4v) is 3.83. The van der Waals surface area contributed by atoms with Crippen LogP contribution >= 0.6 is 0 Å². The standard InChI is InChI=1S/C22H20N6O4S/c1-15-3-5-16(6-4-15)21-26-20(32-27-21)12-11-19(29)25-17-7-9-18(10-8-17)33(30,31)28-22-23-13-2-14-24-22/h2-10,13-14H,11-12H2,1H3,(H,25,29)(H,23,24,28). The van der Waals surface area contributed by atoms with Gasteiger partial charge in [-0.2, -0.15) is 4.98 Å². The molecule has 11 heteroatoms. The van der Waals surface area contributed by atoms with Gasteiger partial charge in [-0.05, 0) is 37.3 Å². The van der Waals surface area contributed by atoms with Crippen molar-refractivity contribution in [1.82, 2.24) is 20.1 Å². The van der Waals surface area contributed by atoms with E-state index in [1.54, 1.807) is 6.07 Å². The summed E-state index contributed by atoms with van der Waals surface area (Å²) in [6.45, 7) is 1.99. The van der Waals surface area contributed by atoms with Crippen LogP contribution in [0.25, 0.3) is 11.4 Å². The van der Waals surface area contributed by atoms with Crippen LogP contribution < -0.4 is 10.0 Å². The second kappa shape index (κ2) is 9.57. The van der Waals surface area contributed by atoms with Crippen molar-refractivity contribution in [2.75, 3.05) is 10.0 Å². The van der Waals surface area contributed by atoms with E-state index >= 15 is 0 Å². The summed E-state index contributed by atoms with van der Waals surface area (Å²) < 4.78 is 32.3. The maximum absolute atomic E-state index is 12.4. The first kappa shape index (κ1) is 22.1. The summed E-state index contributed by atoms with van der Waals surface area (Å²) in [5.41, 5.74) is 2.43. The number of aryl methyl sites for hydroxylation is 2. The molecule has 0 aliphatic heterocycles. The van der Waals surface area contributed by atoms with Crippen LogP contribution in [0.4, 0.5) is 11.6 Å². The van der Waals surface area contributed by atoms with Gasteiger partial charge < -0.3 is 9.84 Å². The third kappa shape index (κ3) is 5.77. The van der Waals surface area contributed by atoms with Crippen molar-refractivity contribution >= 4 is 27.6 Å². The van der Waals surface area contributed by atoms with Crippen molar-refractivity contribution in [3.8, 4) is 11.4 Å². The van der Waals surface area contributed by atoms with Gasteiger partial charge in [-0.15, -0.1) is 0 Å². The van der Waals surface area contributed by atoms with E-state index in [1.165, 1.54) is 36.7 Å². The lowest BCUT2D eigenvalue weighted by Crippen LogP contribution is -2.15. The molecule has 0 saturated heterocycles. The molecule has 2 N–H and O–H groups in total. The topological polar surface area (TPSA) is 140 Å². The van der Waals surface area contributed by atoms with Gasteiger partial charge in [-0.25, -0.2) is 23.1 Å². The zero-order valence-corrected chi connectivity index (χ0v) is 18.4. The van der Waals surface area contributed by atoms with Gasteiger partial charge >= 0.3 is 0 Å². The van der Waals surface area contributed by atoms with E-state index in [2.05, 4.69) is 30.1 Å². The molecule has 0 bridgehead atoms. The highest BCUT2D eigenvalue weighted by atomic mass is 32.2.